The minimum absolute atomic E-state index is 0.0112. The average molecular weight is 414 g/mol. The normalized spacial score (nSPS) is 25.4. The maximum absolute atomic E-state index is 12.2. The summed E-state index contributed by atoms with van der Waals surface area (Å²) in [7, 11) is 0. The van der Waals surface area contributed by atoms with E-state index in [2.05, 4.69) is 15.0 Å². The number of imidazole rings is 1. The number of nitrogens with zero attached hydrogens (tertiary/aromatic N) is 3. The molecule has 2 saturated heterocycles. The molecule has 10 nitrogen and oxygen atoms in total. The highest BCUT2D eigenvalue weighted by Crippen LogP contribution is 2.39. The summed E-state index contributed by atoms with van der Waals surface area (Å²) < 4.78 is 24.2. The largest absolute Gasteiger partial charge is 0.459 e. The lowest BCUT2D eigenvalue weighted by molar-refractivity contribution is -0.0648. The van der Waals surface area contributed by atoms with Crippen LogP contribution in [0.15, 0.2) is 47.8 Å². The van der Waals surface area contributed by atoms with Gasteiger partial charge in [0.25, 0.3) is 5.56 Å². The lowest BCUT2D eigenvalue weighted by atomic mass is 10.1. The van der Waals surface area contributed by atoms with Gasteiger partial charge in [-0.1, -0.05) is 18.2 Å². The molecular formula is C18H14N4O6S. The summed E-state index contributed by atoms with van der Waals surface area (Å²) in [5, 5.41) is -0.0112. The molecule has 3 aromatic rings. The molecule has 2 aromatic heterocycles. The summed E-state index contributed by atoms with van der Waals surface area (Å²) in [6.07, 6.45) is 0.220. The van der Waals surface area contributed by atoms with Crippen molar-refractivity contribution in [3.8, 4) is 0 Å². The van der Waals surface area contributed by atoms with Crippen LogP contribution < -0.4 is 5.56 Å². The number of aromatic nitrogens is 4. The van der Waals surface area contributed by atoms with Crippen molar-refractivity contribution in [2.24, 2.45) is 0 Å². The molecule has 0 bridgehead atoms. The number of carbonyl (C=O) groups is 1. The Morgan fingerprint density at radius 1 is 1.21 bits per heavy atom. The van der Waals surface area contributed by atoms with Crippen LogP contribution in [0.3, 0.4) is 0 Å². The smallest absolute Gasteiger partial charge is 0.353 e. The highest BCUT2D eigenvalue weighted by Gasteiger charge is 2.54. The molecule has 29 heavy (non-hydrogen) atoms. The van der Waals surface area contributed by atoms with Crippen LogP contribution in [0.25, 0.3) is 11.2 Å². The van der Waals surface area contributed by atoms with E-state index in [0.29, 0.717) is 11.2 Å². The van der Waals surface area contributed by atoms with Crippen LogP contribution in [0.5, 0.6) is 0 Å². The van der Waals surface area contributed by atoms with Crippen LogP contribution in [0.2, 0.25) is 0 Å². The van der Waals surface area contributed by atoms with Crippen molar-refractivity contribution >= 4 is 34.6 Å². The zero-order valence-corrected chi connectivity index (χ0v) is 15.6. The molecule has 1 N–H and O–H groups in total. The number of rotatable bonds is 4. The summed E-state index contributed by atoms with van der Waals surface area (Å²) in [5.41, 5.74) is 0.575. The summed E-state index contributed by atoms with van der Waals surface area (Å²) in [6.45, 7) is -0.0575. The minimum atomic E-state index is -0.708. The molecule has 0 aliphatic carbocycles. The quantitative estimate of drug-likeness (QED) is 0.492. The molecule has 0 amide bonds. The van der Waals surface area contributed by atoms with E-state index in [1.807, 2.05) is 6.07 Å². The number of fused-ring (bicyclic) bond motifs is 2. The number of thiocarbonyl (C=S) groups is 1. The third-order valence-corrected chi connectivity index (χ3v) is 4.97. The van der Waals surface area contributed by atoms with Crippen molar-refractivity contribution in [3.63, 3.8) is 0 Å². The summed E-state index contributed by atoms with van der Waals surface area (Å²) in [4.78, 5) is 34.9. The molecule has 0 unspecified atom stereocenters. The Kier molecular flexibility index (Phi) is 4.25. The Labute approximate surface area is 168 Å². The zero-order valence-electron chi connectivity index (χ0n) is 14.8. The Bertz CT molecular complexity index is 1150. The first-order valence-corrected chi connectivity index (χ1v) is 9.18. The first kappa shape index (κ1) is 17.8. The number of aromatic amines is 1. The number of carbonyl (C=O) groups excluding carboxylic acids is 1. The number of esters is 1. The predicted octanol–water partition coefficient (Wildman–Crippen LogP) is 0.943. The van der Waals surface area contributed by atoms with Crippen LogP contribution >= 0.6 is 12.2 Å². The molecule has 0 spiro atoms. The fourth-order valence-corrected chi connectivity index (χ4v) is 3.67. The summed E-state index contributed by atoms with van der Waals surface area (Å²) in [5.74, 6) is -0.475. The van der Waals surface area contributed by atoms with Gasteiger partial charge in [-0.05, 0) is 12.1 Å². The third kappa shape index (κ3) is 3.04. The summed E-state index contributed by atoms with van der Waals surface area (Å²) in [6, 6.07) is 8.63. The second-order valence-electron chi connectivity index (χ2n) is 6.50. The number of ether oxygens (including phenoxy) is 4. The Morgan fingerprint density at radius 3 is 2.83 bits per heavy atom. The van der Waals surface area contributed by atoms with Crippen molar-refractivity contribution in [3.05, 3.63) is 58.9 Å². The highest BCUT2D eigenvalue weighted by atomic mass is 32.1. The van der Waals surface area contributed by atoms with Crippen molar-refractivity contribution in [2.75, 3.05) is 6.61 Å². The molecule has 0 saturated carbocycles. The third-order valence-electron chi connectivity index (χ3n) is 4.78. The molecule has 5 rings (SSSR count). The van der Waals surface area contributed by atoms with Crippen LogP contribution in [0.1, 0.15) is 16.6 Å². The van der Waals surface area contributed by atoms with Gasteiger partial charge in [0, 0.05) is 12.2 Å². The number of nitrogens with one attached hydrogen (secondary N) is 1. The van der Waals surface area contributed by atoms with Gasteiger partial charge in [0.05, 0.1) is 18.2 Å². The second-order valence-corrected chi connectivity index (χ2v) is 6.83. The molecule has 11 heteroatoms. The number of benzene rings is 1. The van der Waals surface area contributed by atoms with Gasteiger partial charge in [0.2, 0.25) is 0 Å². The molecule has 4 atom stereocenters. The van der Waals surface area contributed by atoms with Crippen molar-refractivity contribution in [1.82, 2.24) is 19.5 Å². The van der Waals surface area contributed by atoms with Gasteiger partial charge in [-0.15, -0.1) is 0 Å². The number of hydrogen-bond donors (Lipinski definition) is 1. The standard InChI is InChI=1S/C18H14N4O6S/c23-15-11-14(19-7-20-15)22(8-21-11)16-13-12(27-18(29)28-13)10(26-16)6-25-17(24)9-4-2-1-3-5-9/h1-5,7-8,10,12-13,16H,6H2,(H,19,20,23)/t10-,12-,13+,16-/m1/s1. The molecule has 148 valence electrons. The SMILES string of the molecule is O=C(OC[C@H]1O[C@@H](n2cnc3c(=O)[nH]cnc32)[C@H]2OC(=S)O[C@@H]21)c1ccccc1. The lowest BCUT2D eigenvalue weighted by Crippen LogP contribution is -2.32. The van der Waals surface area contributed by atoms with E-state index in [-0.39, 0.29) is 22.9 Å². The van der Waals surface area contributed by atoms with Crippen LogP contribution in [-0.2, 0) is 18.9 Å². The van der Waals surface area contributed by atoms with Crippen LogP contribution in [0.4, 0.5) is 0 Å². The van der Waals surface area contributed by atoms with Crippen molar-refractivity contribution in [2.45, 2.75) is 24.5 Å². The van der Waals surface area contributed by atoms with Crippen molar-refractivity contribution < 1.29 is 23.7 Å². The Hall–Kier alpha value is -3.31. The predicted molar refractivity (Wildman–Crippen MR) is 101 cm³/mol. The minimum Gasteiger partial charge on any atom is -0.459 e. The van der Waals surface area contributed by atoms with Crippen LogP contribution in [-0.4, -0.2) is 55.6 Å². The van der Waals surface area contributed by atoms with Gasteiger partial charge in [-0.2, -0.15) is 0 Å². The zero-order chi connectivity index (χ0) is 20.0. The molecule has 0 radical (unpaired) electrons. The molecular weight excluding hydrogens is 400 g/mol. The average Bonchev–Trinajstić information content (AvgIpc) is 3.41. The lowest BCUT2D eigenvalue weighted by Gasteiger charge is -2.18. The van der Waals surface area contributed by atoms with Gasteiger partial charge in [-0.25, -0.2) is 14.8 Å². The van der Waals surface area contributed by atoms with E-state index in [9.17, 15) is 9.59 Å². The van der Waals surface area contributed by atoms with E-state index < -0.39 is 30.5 Å². The maximum atomic E-state index is 12.2. The van der Waals surface area contributed by atoms with E-state index in [0.717, 1.165) is 0 Å². The Morgan fingerprint density at radius 2 is 2.00 bits per heavy atom. The molecule has 4 heterocycles. The first-order chi connectivity index (χ1) is 14.1. The van der Waals surface area contributed by atoms with Crippen LogP contribution in [0, 0.1) is 0 Å². The highest BCUT2D eigenvalue weighted by molar-refractivity contribution is 7.79. The van der Waals surface area contributed by atoms with Gasteiger partial charge in [0.15, 0.2) is 29.6 Å². The molecule has 2 fully saturated rings. The number of hydrogen-bond acceptors (Lipinski definition) is 9. The topological polar surface area (TPSA) is 118 Å². The number of H-pyrrole nitrogens is 1. The maximum Gasteiger partial charge on any atom is 0.353 e. The van der Waals surface area contributed by atoms with E-state index in [1.54, 1.807) is 28.8 Å². The fraction of sp³-hybridized carbons (Fsp3) is 0.278. The first-order valence-electron chi connectivity index (χ1n) is 8.77. The van der Waals surface area contributed by atoms with Gasteiger partial charge >= 0.3 is 11.2 Å². The fourth-order valence-electron chi connectivity index (χ4n) is 3.45. The van der Waals surface area contributed by atoms with E-state index in [1.165, 1.54) is 12.7 Å². The van der Waals surface area contributed by atoms with Gasteiger partial charge < -0.3 is 23.9 Å². The molecule has 2 aliphatic heterocycles. The van der Waals surface area contributed by atoms with Gasteiger partial charge in [-0.3, -0.25) is 9.36 Å². The van der Waals surface area contributed by atoms with Crippen molar-refractivity contribution in [1.29, 1.82) is 0 Å². The second kappa shape index (κ2) is 6.94. The monoisotopic (exact) mass is 414 g/mol. The molecule has 1 aromatic carbocycles. The molecule has 2 aliphatic rings. The van der Waals surface area contributed by atoms with Gasteiger partial charge in [0.1, 0.15) is 12.7 Å². The Balaban J connectivity index is 1.39. The summed E-state index contributed by atoms with van der Waals surface area (Å²) >= 11 is 5.03. The van der Waals surface area contributed by atoms with E-state index in [4.69, 9.17) is 31.2 Å². The van der Waals surface area contributed by atoms with E-state index >= 15 is 0 Å².